The van der Waals surface area contributed by atoms with E-state index in [2.05, 4.69) is 0 Å². The summed E-state index contributed by atoms with van der Waals surface area (Å²) in [6, 6.07) is 2.96. The summed E-state index contributed by atoms with van der Waals surface area (Å²) in [6.45, 7) is 3.11. The predicted octanol–water partition coefficient (Wildman–Crippen LogP) is 0.406. The first-order valence-corrected chi connectivity index (χ1v) is 8.79. The third kappa shape index (κ3) is 2.79. The minimum atomic E-state index is -0.967. The molecule has 0 bridgehead atoms. The molecule has 1 aromatic rings. The molecule has 3 heterocycles. The molecule has 1 aromatic heterocycles. The van der Waals surface area contributed by atoms with Crippen LogP contribution in [0.2, 0.25) is 0 Å². The maximum absolute atomic E-state index is 12.7. The van der Waals surface area contributed by atoms with Crippen LogP contribution in [0.5, 0.6) is 0 Å². The first-order valence-electron chi connectivity index (χ1n) is 8.79. The van der Waals surface area contributed by atoms with Crippen molar-refractivity contribution in [1.29, 1.82) is 0 Å². The highest BCUT2D eigenvalue weighted by Gasteiger charge is 2.55. The third-order valence-corrected chi connectivity index (χ3v) is 5.87. The average Bonchev–Trinajstić information content (AvgIpc) is 2.87. The number of aromatic nitrogens is 1. The van der Waals surface area contributed by atoms with Gasteiger partial charge in [-0.3, -0.25) is 19.2 Å². The molecule has 26 heavy (non-hydrogen) atoms. The molecule has 0 radical (unpaired) electrons. The fraction of sp³-hybridized carbons (Fsp3) is 0.556. The van der Waals surface area contributed by atoms with Gasteiger partial charge in [0.1, 0.15) is 0 Å². The van der Waals surface area contributed by atoms with E-state index in [-0.39, 0.29) is 23.8 Å². The van der Waals surface area contributed by atoms with Gasteiger partial charge in [0.25, 0.3) is 11.5 Å². The second kappa shape index (κ2) is 6.59. The molecule has 140 valence electrons. The van der Waals surface area contributed by atoms with Crippen LogP contribution < -0.4 is 5.56 Å². The van der Waals surface area contributed by atoms with Crippen LogP contribution in [0.25, 0.3) is 0 Å². The van der Waals surface area contributed by atoms with Crippen LogP contribution in [0.1, 0.15) is 36.5 Å². The van der Waals surface area contributed by atoms with Gasteiger partial charge in [-0.2, -0.15) is 0 Å². The van der Waals surface area contributed by atoms with Crippen molar-refractivity contribution in [1.82, 2.24) is 14.4 Å². The number of hydrogen-bond acceptors (Lipinski definition) is 4. The topological polar surface area (TPSA) is 99.9 Å². The summed E-state index contributed by atoms with van der Waals surface area (Å²) in [5.41, 5.74) is -0.620. The summed E-state index contributed by atoms with van der Waals surface area (Å²) < 4.78 is 1.51. The molecule has 2 saturated heterocycles. The average molecular weight is 361 g/mol. The normalized spacial score (nSPS) is 22.1. The second-order valence-electron chi connectivity index (χ2n) is 6.98. The van der Waals surface area contributed by atoms with E-state index < -0.39 is 17.4 Å². The van der Waals surface area contributed by atoms with Gasteiger partial charge in [0.2, 0.25) is 5.91 Å². The first kappa shape index (κ1) is 18.2. The molecular weight excluding hydrogens is 338 g/mol. The molecule has 0 unspecified atom stereocenters. The third-order valence-electron chi connectivity index (χ3n) is 5.87. The summed E-state index contributed by atoms with van der Waals surface area (Å²) in [4.78, 5) is 51.5. The van der Waals surface area contributed by atoms with E-state index in [1.54, 1.807) is 29.1 Å². The van der Waals surface area contributed by atoms with Gasteiger partial charge in [-0.15, -0.1) is 0 Å². The van der Waals surface area contributed by atoms with Crippen LogP contribution in [-0.2, 0) is 16.1 Å². The Balaban J connectivity index is 1.76. The van der Waals surface area contributed by atoms with Gasteiger partial charge in [0.15, 0.2) is 0 Å². The number of carboxylic acids is 1. The Morgan fingerprint density at radius 1 is 1.27 bits per heavy atom. The monoisotopic (exact) mass is 361 g/mol. The lowest BCUT2D eigenvalue weighted by molar-refractivity contribution is -0.145. The summed E-state index contributed by atoms with van der Waals surface area (Å²) in [7, 11) is 1.65. The Hall–Kier alpha value is -2.64. The maximum Gasteiger partial charge on any atom is 0.309 e. The zero-order chi connectivity index (χ0) is 19.1. The molecule has 3 rings (SSSR count). The number of piperidine rings is 1. The molecule has 0 aliphatic carbocycles. The number of carbonyl (C=O) groups is 3. The van der Waals surface area contributed by atoms with Crippen molar-refractivity contribution in [2.75, 3.05) is 20.1 Å². The van der Waals surface area contributed by atoms with Crippen molar-refractivity contribution in [3.8, 4) is 0 Å². The van der Waals surface area contributed by atoms with Gasteiger partial charge in [0.05, 0.1) is 11.5 Å². The second-order valence-corrected chi connectivity index (χ2v) is 6.98. The van der Waals surface area contributed by atoms with E-state index in [1.165, 1.54) is 10.6 Å². The van der Waals surface area contributed by atoms with Gasteiger partial charge in [-0.05, 0) is 25.8 Å². The molecular formula is C18H23N3O5. The van der Waals surface area contributed by atoms with E-state index in [1.807, 2.05) is 6.92 Å². The highest BCUT2D eigenvalue weighted by Crippen LogP contribution is 2.42. The van der Waals surface area contributed by atoms with Crippen molar-refractivity contribution in [2.24, 2.45) is 5.92 Å². The van der Waals surface area contributed by atoms with Gasteiger partial charge in [-0.1, -0.05) is 0 Å². The lowest BCUT2D eigenvalue weighted by Gasteiger charge is -2.45. The molecule has 0 aromatic carbocycles. The van der Waals surface area contributed by atoms with Crippen LogP contribution in [0, 0.1) is 5.92 Å². The van der Waals surface area contributed by atoms with Crippen molar-refractivity contribution in [2.45, 2.75) is 38.3 Å². The standard InChI is InChI=1S/C18H23N3O5/c1-3-20-7-4-12(10-15(20)23)16(24)21-8-5-18(6-9-21)13(17(25)26)11-14(22)19(18)2/h4,7,10,13H,3,5-6,8-9,11H2,1-2H3,(H,25,26)/t13-/m1/s1. The minimum Gasteiger partial charge on any atom is -0.481 e. The number of carbonyl (C=O) groups excluding carboxylic acids is 2. The number of carboxylic acid groups (broad SMARTS) is 1. The Labute approximate surface area is 151 Å². The SMILES string of the molecule is CCn1ccc(C(=O)N2CCC3(CC2)[C@@H](C(=O)O)CC(=O)N3C)cc1=O. The van der Waals surface area contributed by atoms with Crippen molar-refractivity contribution >= 4 is 17.8 Å². The quantitative estimate of drug-likeness (QED) is 0.840. The molecule has 1 atom stereocenters. The van der Waals surface area contributed by atoms with Crippen molar-refractivity contribution in [3.63, 3.8) is 0 Å². The zero-order valence-electron chi connectivity index (χ0n) is 15.0. The van der Waals surface area contributed by atoms with E-state index in [0.29, 0.717) is 38.0 Å². The number of pyridine rings is 1. The first-order chi connectivity index (χ1) is 12.3. The van der Waals surface area contributed by atoms with E-state index in [4.69, 9.17) is 0 Å². The fourth-order valence-electron chi connectivity index (χ4n) is 4.17. The Kier molecular flexibility index (Phi) is 4.60. The lowest BCUT2D eigenvalue weighted by atomic mass is 9.77. The largest absolute Gasteiger partial charge is 0.481 e. The van der Waals surface area contributed by atoms with Crippen LogP contribution in [0.3, 0.4) is 0 Å². The number of amides is 2. The van der Waals surface area contributed by atoms with Crippen LogP contribution >= 0.6 is 0 Å². The fourth-order valence-corrected chi connectivity index (χ4v) is 4.17. The Morgan fingerprint density at radius 3 is 2.46 bits per heavy atom. The number of aliphatic carboxylic acids is 1. The van der Waals surface area contributed by atoms with Gasteiger partial charge in [0, 0.05) is 50.9 Å². The predicted molar refractivity (Wildman–Crippen MR) is 92.8 cm³/mol. The van der Waals surface area contributed by atoms with Crippen LogP contribution in [-0.4, -0.2) is 62.9 Å². The number of likely N-dealkylation sites (tertiary alicyclic amines) is 2. The van der Waals surface area contributed by atoms with Crippen molar-refractivity contribution in [3.05, 3.63) is 34.2 Å². The Morgan fingerprint density at radius 2 is 1.92 bits per heavy atom. The molecule has 8 heteroatoms. The van der Waals surface area contributed by atoms with Gasteiger partial charge < -0.3 is 19.5 Å². The maximum atomic E-state index is 12.7. The van der Waals surface area contributed by atoms with Crippen molar-refractivity contribution < 1.29 is 19.5 Å². The summed E-state index contributed by atoms with van der Waals surface area (Å²) in [5, 5.41) is 9.50. The molecule has 0 saturated carbocycles. The molecule has 1 spiro atoms. The number of hydrogen-bond donors (Lipinski definition) is 1. The smallest absolute Gasteiger partial charge is 0.309 e. The Bertz CT molecular complexity index is 807. The van der Waals surface area contributed by atoms with Crippen LogP contribution in [0.4, 0.5) is 0 Å². The van der Waals surface area contributed by atoms with Crippen LogP contribution in [0.15, 0.2) is 23.1 Å². The van der Waals surface area contributed by atoms with E-state index in [0.717, 1.165) is 0 Å². The van der Waals surface area contributed by atoms with Gasteiger partial charge in [-0.25, -0.2) is 0 Å². The molecule has 2 amide bonds. The van der Waals surface area contributed by atoms with E-state index >= 15 is 0 Å². The summed E-state index contributed by atoms with van der Waals surface area (Å²) in [6.07, 6.45) is 2.45. The lowest BCUT2D eigenvalue weighted by Crippen LogP contribution is -2.57. The highest BCUT2D eigenvalue weighted by molar-refractivity contribution is 5.94. The highest BCUT2D eigenvalue weighted by atomic mass is 16.4. The van der Waals surface area contributed by atoms with E-state index in [9.17, 15) is 24.3 Å². The van der Waals surface area contributed by atoms with Gasteiger partial charge >= 0.3 is 5.97 Å². The number of nitrogens with zero attached hydrogens (tertiary/aromatic N) is 3. The molecule has 1 N–H and O–H groups in total. The number of rotatable bonds is 3. The number of aryl methyl sites for hydroxylation is 1. The molecule has 2 aliphatic rings. The molecule has 2 aliphatic heterocycles. The molecule has 8 nitrogen and oxygen atoms in total. The summed E-state index contributed by atoms with van der Waals surface area (Å²) >= 11 is 0. The summed E-state index contributed by atoms with van der Waals surface area (Å²) in [5.74, 6) is -2.12. The zero-order valence-corrected chi connectivity index (χ0v) is 15.0. The molecule has 2 fully saturated rings. The minimum absolute atomic E-state index is 0.00895.